The number of rotatable bonds is 4. The third kappa shape index (κ3) is 2.51. The molecule has 1 heterocycles. The molecule has 0 bridgehead atoms. The zero-order valence-corrected chi connectivity index (χ0v) is 10.3. The number of para-hydroxylation sites is 1. The van der Waals surface area contributed by atoms with Crippen LogP contribution in [0.4, 0.5) is 0 Å². The fourth-order valence-corrected chi connectivity index (χ4v) is 1.76. The van der Waals surface area contributed by atoms with Crippen LogP contribution in [0, 0.1) is 0 Å². The van der Waals surface area contributed by atoms with Gasteiger partial charge in [-0.3, -0.25) is 9.89 Å². The molecule has 18 heavy (non-hydrogen) atoms. The molecule has 1 unspecified atom stereocenters. The van der Waals surface area contributed by atoms with Crippen molar-refractivity contribution in [3.8, 4) is 5.75 Å². The van der Waals surface area contributed by atoms with E-state index in [9.17, 15) is 4.79 Å². The van der Waals surface area contributed by atoms with E-state index in [0.717, 1.165) is 11.3 Å². The molecule has 0 fully saturated rings. The largest absolute Gasteiger partial charge is 0.496 e. The summed E-state index contributed by atoms with van der Waals surface area (Å²) in [5, 5.41) is 9.25. The molecule has 1 amide bonds. The van der Waals surface area contributed by atoms with Gasteiger partial charge in [0.15, 0.2) is 0 Å². The molecule has 0 spiro atoms. The summed E-state index contributed by atoms with van der Waals surface area (Å²) >= 11 is 0. The van der Waals surface area contributed by atoms with Gasteiger partial charge in [0.1, 0.15) is 5.75 Å². The number of hydrogen-bond donors (Lipinski definition) is 2. The van der Waals surface area contributed by atoms with Gasteiger partial charge < -0.3 is 10.1 Å². The van der Waals surface area contributed by atoms with E-state index in [4.69, 9.17) is 4.74 Å². The summed E-state index contributed by atoms with van der Waals surface area (Å²) in [6, 6.07) is 7.48. The smallest absolute Gasteiger partial charge is 0.254 e. The Hall–Kier alpha value is -2.30. The van der Waals surface area contributed by atoms with Gasteiger partial charge in [0.2, 0.25) is 0 Å². The van der Waals surface area contributed by atoms with Crippen molar-refractivity contribution in [2.45, 2.75) is 13.0 Å². The second kappa shape index (κ2) is 5.35. The van der Waals surface area contributed by atoms with Crippen molar-refractivity contribution in [2.75, 3.05) is 7.11 Å². The minimum Gasteiger partial charge on any atom is -0.496 e. The maximum absolute atomic E-state index is 11.9. The number of aromatic nitrogens is 2. The molecule has 0 aliphatic carbocycles. The lowest BCUT2D eigenvalue weighted by molar-refractivity contribution is 0.0939. The minimum atomic E-state index is -0.165. The van der Waals surface area contributed by atoms with E-state index in [1.165, 1.54) is 6.20 Å². The summed E-state index contributed by atoms with van der Waals surface area (Å²) in [6.07, 6.45) is 3.05. The van der Waals surface area contributed by atoms with Crippen molar-refractivity contribution >= 4 is 5.91 Å². The summed E-state index contributed by atoms with van der Waals surface area (Å²) in [6.45, 7) is 1.91. The Bertz CT molecular complexity index is 523. The number of hydrogen-bond acceptors (Lipinski definition) is 3. The van der Waals surface area contributed by atoms with E-state index in [1.807, 2.05) is 31.2 Å². The van der Waals surface area contributed by atoms with E-state index < -0.39 is 0 Å². The van der Waals surface area contributed by atoms with Crippen molar-refractivity contribution in [3.05, 3.63) is 47.8 Å². The summed E-state index contributed by atoms with van der Waals surface area (Å²) in [5.41, 5.74) is 1.45. The molecule has 5 heteroatoms. The van der Waals surface area contributed by atoms with Crippen LogP contribution in [0.15, 0.2) is 36.7 Å². The first kappa shape index (κ1) is 12.2. The Morgan fingerprint density at radius 1 is 1.44 bits per heavy atom. The lowest BCUT2D eigenvalue weighted by Crippen LogP contribution is -2.26. The molecule has 1 aromatic carbocycles. The van der Waals surface area contributed by atoms with E-state index in [0.29, 0.717) is 5.56 Å². The van der Waals surface area contributed by atoms with Gasteiger partial charge in [-0.05, 0) is 13.0 Å². The van der Waals surface area contributed by atoms with Crippen LogP contribution in [-0.4, -0.2) is 23.2 Å². The molecule has 94 valence electrons. The molecule has 0 radical (unpaired) electrons. The molecule has 2 N–H and O–H groups in total. The van der Waals surface area contributed by atoms with Gasteiger partial charge in [0, 0.05) is 11.8 Å². The first-order valence-electron chi connectivity index (χ1n) is 5.65. The maximum atomic E-state index is 11.9. The van der Waals surface area contributed by atoms with Gasteiger partial charge in [-0.2, -0.15) is 5.10 Å². The Labute approximate surface area is 105 Å². The minimum absolute atomic E-state index is 0.136. The van der Waals surface area contributed by atoms with Crippen LogP contribution in [0.25, 0.3) is 0 Å². The molecule has 1 aromatic heterocycles. The summed E-state index contributed by atoms with van der Waals surface area (Å²) in [4.78, 5) is 11.9. The third-order valence-corrected chi connectivity index (χ3v) is 2.71. The van der Waals surface area contributed by atoms with E-state index in [2.05, 4.69) is 15.5 Å². The zero-order valence-electron chi connectivity index (χ0n) is 10.3. The molecule has 0 aliphatic rings. The number of amides is 1. The van der Waals surface area contributed by atoms with Crippen molar-refractivity contribution in [2.24, 2.45) is 0 Å². The highest BCUT2D eigenvalue weighted by molar-refractivity contribution is 5.93. The monoisotopic (exact) mass is 245 g/mol. The molecule has 0 saturated heterocycles. The van der Waals surface area contributed by atoms with E-state index in [1.54, 1.807) is 13.3 Å². The predicted molar refractivity (Wildman–Crippen MR) is 67.5 cm³/mol. The second-order valence-corrected chi connectivity index (χ2v) is 3.92. The van der Waals surface area contributed by atoms with Gasteiger partial charge in [-0.25, -0.2) is 0 Å². The average molecular weight is 245 g/mol. The molecular formula is C13H15N3O2. The van der Waals surface area contributed by atoms with E-state index >= 15 is 0 Å². The lowest BCUT2D eigenvalue weighted by atomic mass is 10.1. The quantitative estimate of drug-likeness (QED) is 0.864. The number of methoxy groups -OCH3 is 1. The Morgan fingerprint density at radius 3 is 2.89 bits per heavy atom. The van der Waals surface area contributed by atoms with Crippen LogP contribution in [-0.2, 0) is 0 Å². The SMILES string of the molecule is COc1ccccc1C(C)NC(=O)c1cn[nH]c1. The predicted octanol–water partition coefficient (Wildman–Crippen LogP) is 1.91. The van der Waals surface area contributed by atoms with Gasteiger partial charge in [-0.15, -0.1) is 0 Å². The van der Waals surface area contributed by atoms with Crippen LogP contribution in [0.3, 0.4) is 0 Å². The number of H-pyrrole nitrogens is 1. The Morgan fingerprint density at radius 2 is 2.22 bits per heavy atom. The summed E-state index contributed by atoms with van der Waals surface area (Å²) < 4.78 is 5.27. The number of nitrogens with one attached hydrogen (secondary N) is 2. The van der Waals surface area contributed by atoms with Crippen LogP contribution in [0.2, 0.25) is 0 Å². The number of ether oxygens (including phenoxy) is 1. The van der Waals surface area contributed by atoms with Crippen molar-refractivity contribution in [1.29, 1.82) is 0 Å². The number of aromatic amines is 1. The molecule has 1 atom stereocenters. The van der Waals surface area contributed by atoms with Gasteiger partial charge in [0.25, 0.3) is 5.91 Å². The van der Waals surface area contributed by atoms with Gasteiger partial charge >= 0.3 is 0 Å². The summed E-state index contributed by atoms with van der Waals surface area (Å²) in [5.74, 6) is 0.597. The number of nitrogens with zero attached hydrogens (tertiary/aromatic N) is 1. The average Bonchev–Trinajstić information content (AvgIpc) is 2.92. The molecule has 2 rings (SSSR count). The Kier molecular flexibility index (Phi) is 3.62. The number of carbonyl (C=O) groups excluding carboxylic acids is 1. The summed E-state index contributed by atoms with van der Waals surface area (Å²) in [7, 11) is 1.61. The fourth-order valence-electron chi connectivity index (χ4n) is 1.76. The first-order chi connectivity index (χ1) is 8.72. The fraction of sp³-hybridized carbons (Fsp3) is 0.231. The molecule has 0 aliphatic heterocycles. The van der Waals surface area contributed by atoms with Crippen molar-refractivity contribution in [1.82, 2.24) is 15.5 Å². The van der Waals surface area contributed by atoms with Crippen LogP contribution >= 0.6 is 0 Å². The molecule has 5 nitrogen and oxygen atoms in total. The van der Waals surface area contributed by atoms with Crippen LogP contribution < -0.4 is 10.1 Å². The standard InChI is InChI=1S/C13H15N3O2/c1-9(11-5-3-4-6-12(11)18-2)16-13(17)10-7-14-15-8-10/h3-9H,1-2H3,(H,14,15)(H,16,17). The normalized spacial score (nSPS) is 11.9. The van der Waals surface area contributed by atoms with Crippen molar-refractivity contribution in [3.63, 3.8) is 0 Å². The highest BCUT2D eigenvalue weighted by Gasteiger charge is 2.14. The molecular weight excluding hydrogens is 230 g/mol. The third-order valence-electron chi connectivity index (χ3n) is 2.71. The zero-order chi connectivity index (χ0) is 13.0. The highest BCUT2D eigenvalue weighted by atomic mass is 16.5. The van der Waals surface area contributed by atoms with Crippen LogP contribution in [0.1, 0.15) is 28.9 Å². The number of carbonyl (C=O) groups is 1. The molecule has 2 aromatic rings. The lowest BCUT2D eigenvalue weighted by Gasteiger charge is -2.16. The maximum Gasteiger partial charge on any atom is 0.254 e. The Balaban J connectivity index is 2.12. The number of benzene rings is 1. The van der Waals surface area contributed by atoms with Gasteiger partial charge in [0.05, 0.1) is 24.9 Å². The van der Waals surface area contributed by atoms with Gasteiger partial charge in [-0.1, -0.05) is 18.2 Å². The second-order valence-electron chi connectivity index (χ2n) is 3.92. The van der Waals surface area contributed by atoms with E-state index in [-0.39, 0.29) is 11.9 Å². The first-order valence-corrected chi connectivity index (χ1v) is 5.65. The van der Waals surface area contributed by atoms with Crippen molar-refractivity contribution < 1.29 is 9.53 Å². The topological polar surface area (TPSA) is 67.0 Å². The molecule has 0 saturated carbocycles. The highest BCUT2D eigenvalue weighted by Crippen LogP contribution is 2.24. The van der Waals surface area contributed by atoms with Crippen LogP contribution in [0.5, 0.6) is 5.75 Å².